The van der Waals surface area contributed by atoms with Crippen LogP contribution in [0.3, 0.4) is 0 Å². The lowest BCUT2D eigenvalue weighted by Gasteiger charge is -2.23. The summed E-state index contributed by atoms with van der Waals surface area (Å²) in [4.78, 5) is 18.8. The minimum absolute atomic E-state index is 0.136. The maximum absolute atomic E-state index is 13.1. The van der Waals surface area contributed by atoms with Crippen LogP contribution >= 0.6 is 0 Å². The van der Waals surface area contributed by atoms with E-state index in [-0.39, 0.29) is 12.5 Å². The number of carbonyl (C=O) groups excluding carboxylic acids is 1. The minimum atomic E-state index is -4.38. The Hall–Kier alpha value is -3.09. The smallest absolute Gasteiger partial charge is 0.337 e. The number of aromatic nitrogens is 2. The molecule has 2 aromatic carbocycles. The molecule has 0 bridgehead atoms. The van der Waals surface area contributed by atoms with Crippen molar-refractivity contribution in [2.75, 3.05) is 6.54 Å². The number of carbonyl (C=O) groups is 1. The van der Waals surface area contributed by atoms with Gasteiger partial charge in [0.1, 0.15) is 0 Å². The summed E-state index contributed by atoms with van der Waals surface area (Å²) < 4.78 is 40.4. The molecular formula is C23H24F3N3O. The van der Waals surface area contributed by atoms with E-state index in [0.29, 0.717) is 30.6 Å². The predicted molar refractivity (Wildman–Crippen MR) is 109 cm³/mol. The summed E-state index contributed by atoms with van der Waals surface area (Å²) in [6.07, 6.45) is 2.47. The zero-order valence-corrected chi connectivity index (χ0v) is 16.8. The fourth-order valence-corrected chi connectivity index (χ4v) is 3.20. The highest BCUT2D eigenvalue weighted by atomic mass is 19.4. The molecule has 0 aliphatic heterocycles. The molecule has 158 valence electrons. The van der Waals surface area contributed by atoms with Gasteiger partial charge in [-0.25, -0.2) is 4.98 Å². The minimum Gasteiger partial charge on any atom is -0.337 e. The molecule has 1 amide bonds. The molecule has 0 unspecified atom stereocenters. The van der Waals surface area contributed by atoms with Crippen LogP contribution in [0, 0.1) is 0 Å². The summed E-state index contributed by atoms with van der Waals surface area (Å²) in [7, 11) is 0. The van der Waals surface area contributed by atoms with Crippen molar-refractivity contribution in [1.29, 1.82) is 0 Å². The van der Waals surface area contributed by atoms with Gasteiger partial charge in [0.25, 0.3) is 5.91 Å². The van der Waals surface area contributed by atoms with Gasteiger partial charge < -0.3 is 9.47 Å². The van der Waals surface area contributed by atoms with Gasteiger partial charge in [-0.2, -0.15) is 13.2 Å². The molecule has 0 saturated carbocycles. The molecular weight excluding hydrogens is 391 g/mol. The van der Waals surface area contributed by atoms with Crippen LogP contribution in [0.25, 0.3) is 0 Å². The van der Waals surface area contributed by atoms with Gasteiger partial charge in [-0.1, -0.05) is 31.2 Å². The molecule has 0 radical (unpaired) electrons. The van der Waals surface area contributed by atoms with Crippen LogP contribution in [0.4, 0.5) is 13.2 Å². The fourth-order valence-electron chi connectivity index (χ4n) is 3.20. The van der Waals surface area contributed by atoms with Gasteiger partial charge in [-0.05, 0) is 48.2 Å². The molecule has 1 aromatic heterocycles. The first kappa shape index (κ1) is 21.6. The van der Waals surface area contributed by atoms with Crippen LogP contribution in [-0.4, -0.2) is 26.9 Å². The highest BCUT2D eigenvalue weighted by Crippen LogP contribution is 2.29. The number of aryl methyl sites for hydroxylation is 2. The van der Waals surface area contributed by atoms with Gasteiger partial charge in [-0.3, -0.25) is 4.79 Å². The van der Waals surface area contributed by atoms with Crippen LogP contribution in [0.2, 0.25) is 0 Å². The van der Waals surface area contributed by atoms with E-state index in [4.69, 9.17) is 0 Å². The van der Waals surface area contributed by atoms with Crippen molar-refractivity contribution in [2.24, 2.45) is 0 Å². The molecule has 0 fully saturated rings. The number of rotatable bonds is 8. The lowest BCUT2D eigenvalue weighted by molar-refractivity contribution is -0.137. The third-order valence-corrected chi connectivity index (χ3v) is 4.95. The van der Waals surface area contributed by atoms with Crippen LogP contribution in [-0.2, 0) is 25.7 Å². The normalized spacial score (nSPS) is 11.5. The fraction of sp³-hybridized carbons (Fsp3) is 0.304. The van der Waals surface area contributed by atoms with Gasteiger partial charge in [0.05, 0.1) is 11.9 Å². The van der Waals surface area contributed by atoms with Gasteiger partial charge in [0.2, 0.25) is 0 Å². The molecule has 0 atom stereocenters. The molecule has 3 aromatic rings. The summed E-state index contributed by atoms with van der Waals surface area (Å²) in [5.74, 6) is -0.136. The Bertz CT molecular complexity index is 933. The second-order valence-electron chi connectivity index (χ2n) is 7.13. The third kappa shape index (κ3) is 5.72. The first-order valence-corrected chi connectivity index (χ1v) is 9.87. The Kier molecular flexibility index (Phi) is 6.92. The first-order chi connectivity index (χ1) is 14.4. The topological polar surface area (TPSA) is 38.1 Å². The number of amides is 1. The second-order valence-corrected chi connectivity index (χ2v) is 7.13. The van der Waals surface area contributed by atoms with Crippen LogP contribution in [0.15, 0.2) is 67.3 Å². The Labute approximate surface area is 174 Å². The van der Waals surface area contributed by atoms with E-state index < -0.39 is 11.7 Å². The highest BCUT2D eigenvalue weighted by Gasteiger charge is 2.30. The van der Waals surface area contributed by atoms with Gasteiger partial charge in [0.15, 0.2) is 0 Å². The molecule has 4 nitrogen and oxygen atoms in total. The number of hydrogen-bond acceptors (Lipinski definition) is 2. The molecule has 0 aliphatic carbocycles. The van der Waals surface area contributed by atoms with E-state index in [1.165, 1.54) is 12.1 Å². The molecule has 30 heavy (non-hydrogen) atoms. The number of benzene rings is 2. The monoisotopic (exact) mass is 415 g/mol. The molecule has 3 rings (SSSR count). The van der Waals surface area contributed by atoms with E-state index in [0.717, 1.165) is 24.1 Å². The van der Waals surface area contributed by atoms with E-state index in [1.807, 2.05) is 29.8 Å². The molecule has 0 aliphatic rings. The van der Waals surface area contributed by atoms with Crippen molar-refractivity contribution < 1.29 is 18.0 Å². The summed E-state index contributed by atoms with van der Waals surface area (Å²) in [6, 6.07) is 12.4. The average Bonchev–Trinajstić information content (AvgIpc) is 3.26. The average molecular weight is 415 g/mol. The Balaban J connectivity index is 1.74. The summed E-state index contributed by atoms with van der Waals surface area (Å²) in [6.45, 7) is 3.47. The lowest BCUT2D eigenvalue weighted by Crippen LogP contribution is -2.32. The van der Waals surface area contributed by atoms with Crippen molar-refractivity contribution in [2.45, 2.75) is 39.0 Å². The first-order valence-electron chi connectivity index (χ1n) is 9.87. The molecule has 0 spiro atoms. The van der Waals surface area contributed by atoms with Crippen molar-refractivity contribution in [3.63, 3.8) is 0 Å². The molecule has 0 saturated heterocycles. The second kappa shape index (κ2) is 9.61. The SMILES string of the molecule is CCc1ccc(C(=O)N(CCCn2ccnc2)Cc2ccc(C(F)(F)F)cc2)cc1. The maximum Gasteiger partial charge on any atom is 0.416 e. The van der Waals surface area contributed by atoms with E-state index in [1.54, 1.807) is 29.6 Å². The number of hydrogen-bond donors (Lipinski definition) is 0. The number of imidazole rings is 1. The lowest BCUT2D eigenvalue weighted by atomic mass is 10.1. The van der Waals surface area contributed by atoms with Crippen molar-refractivity contribution in [3.05, 3.63) is 89.5 Å². The number of halogens is 3. The zero-order chi connectivity index (χ0) is 21.6. The van der Waals surface area contributed by atoms with Crippen LogP contribution in [0.5, 0.6) is 0 Å². The Morgan fingerprint density at radius 1 is 1.03 bits per heavy atom. The summed E-state index contributed by atoms with van der Waals surface area (Å²) in [5, 5.41) is 0. The zero-order valence-electron chi connectivity index (χ0n) is 16.8. The van der Waals surface area contributed by atoms with E-state index in [9.17, 15) is 18.0 Å². The van der Waals surface area contributed by atoms with Gasteiger partial charge in [0, 0.05) is 37.6 Å². The van der Waals surface area contributed by atoms with E-state index >= 15 is 0 Å². The third-order valence-electron chi connectivity index (χ3n) is 4.95. The van der Waals surface area contributed by atoms with Gasteiger partial charge in [-0.15, -0.1) is 0 Å². The highest BCUT2D eigenvalue weighted by molar-refractivity contribution is 5.94. The van der Waals surface area contributed by atoms with Crippen LogP contribution < -0.4 is 0 Å². The van der Waals surface area contributed by atoms with Crippen molar-refractivity contribution >= 4 is 5.91 Å². The number of nitrogens with zero attached hydrogens (tertiary/aromatic N) is 3. The van der Waals surface area contributed by atoms with Crippen molar-refractivity contribution in [1.82, 2.24) is 14.5 Å². The van der Waals surface area contributed by atoms with E-state index in [2.05, 4.69) is 4.98 Å². The number of alkyl halides is 3. The molecule has 1 heterocycles. The Morgan fingerprint density at radius 2 is 1.70 bits per heavy atom. The largest absolute Gasteiger partial charge is 0.416 e. The summed E-state index contributed by atoms with van der Waals surface area (Å²) >= 11 is 0. The Morgan fingerprint density at radius 3 is 2.27 bits per heavy atom. The quantitative estimate of drug-likeness (QED) is 0.507. The maximum atomic E-state index is 13.1. The van der Waals surface area contributed by atoms with Crippen LogP contribution in [0.1, 0.15) is 40.4 Å². The molecule has 7 heteroatoms. The summed E-state index contributed by atoms with van der Waals surface area (Å²) in [5.41, 5.74) is 1.67. The molecule has 0 N–H and O–H groups in total. The standard InChI is InChI=1S/C23H24F3N3O/c1-2-18-4-8-20(9-5-18)22(30)29(14-3-13-28-15-12-27-17-28)16-19-6-10-21(11-7-19)23(24,25)26/h4-12,15,17H,2-3,13-14,16H2,1H3. The van der Waals surface area contributed by atoms with Crippen molar-refractivity contribution in [3.8, 4) is 0 Å². The van der Waals surface area contributed by atoms with Gasteiger partial charge >= 0.3 is 6.18 Å². The predicted octanol–water partition coefficient (Wildman–Crippen LogP) is 5.20.